The average molecular weight is 215 g/mol. The Morgan fingerprint density at radius 1 is 1.27 bits per heavy atom. The van der Waals surface area contributed by atoms with Crippen molar-refractivity contribution in [1.82, 2.24) is 4.90 Å². The van der Waals surface area contributed by atoms with Gasteiger partial charge in [0, 0.05) is 13.1 Å². The van der Waals surface area contributed by atoms with E-state index in [9.17, 15) is 4.79 Å². The van der Waals surface area contributed by atoms with Gasteiger partial charge in [-0.3, -0.25) is 9.69 Å². The predicted molar refractivity (Wildman–Crippen MR) is 57.9 cm³/mol. The molecule has 0 aromatic heterocycles. The molecule has 0 aromatic carbocycles. The number of carboxylic acid groups (broad SMARTS) is 1. The minimum Gasteiger partial charge on any atom is -0.480 e. The number of nitrogens with zero attached hydrogens (tertiary/aromatic N) is 1. The molecular formula is C11H21NO3. The van der Waals surface area contributed by atoms with E-state index in [1.54, 1.807) is 6.92 Å². The van der Waals surface area contributed by atoms with E-state index in [1.807, 2.05) is 32.6 Å². The summed E-state index contributed by atoms with van der Waals surface area (Å²) in [6.45, 7) is 11.0. The summed E-state index contributed by atoms with van der Waals surface area (Å²) in [4.78, 5) is 12.9. The zero-order valence-electron chi connectivity index (χ0n) is 10.2. The van der Waals surface area contributed by atoms with Crippen LogP contribution in [0.15, 0.2) is 0 Å². The zero-order valence-corrected chi connectivity index (χ0v) is 10.2. The number of morpholine rings is 1. The van der Waals surface area contributed by atoms with Gasteiger partial charge in [-0.05, 0) is 34.6 Å². The fourth-order valence-corrected chi connectivity index (χ4v) is 2.28. The van der Waals surface area contributed by atoms with Crippen LogP contribution < -0.4 is 0 Å². The third kappa shape index (κ3) is 3.18. The van der Waals surface area contributed by atoms with E-state index in [-0.39, 0.29) is 11.2 Å². The molecule has 0 aromatic rings. The van der Waals surface area contributed by atoms with Crippen LogP contribution in [0.5, 0.6) is 0 Å². The van der Waals surface area contributed by atoms with Crippen molar-refractivity contribution >= 4 is 5.97 Å². The lowest BCUT2D eigenvalue weighted by Crippen LogP contribution is -2.60. The third-order valence-corrected chi connectivity index (χ3v) is 2.63. The smallest absolute Gasteiger partial charge is 0.320 e. The van der Waals surface area contributed by atoms with Crippen molar-refractivity contribution in [2.24, 2.45) is 0 Å². The molecule has 1 heterocycles. The number of aliphatic carboxylic acids is 1. The Balaban J connectivity index is 2.79. The third-order valence-electron chi connectivity index (χ3n) is 2.63. The van der Waals surface area contributed by atoms with Gasteiger partial charge in [-0.15, -0.1) is 0 Å². The fraction of sp³-hybridized carbons (Fsp3) is 0.909. The molecule has 1 atom stereocenters. The topological polar surface area (TPSA) is 49.8 Å². The maximum absolute atomic E-state index is 10.9. The summed E-state index contributed by atoms with van der Waals surface area (Å²) in [7, 11) is 0. The molecular weight excluding hydrogens is 194 g/mol. The molecule has 0 radical (unpaired) electrons. The van der Waals surface area contributed by atoms with Gasteiger partial charge in [0.15, 0.2) is 0 Å². The summed E-state index contributed by atoms with van der Waals surface area (Å²) in [5.74, 6) is -0.775. The molecule has 1 rings (SSSR count). The second kappa shape index (κ2) is 3.76. The molecule has 0 aliphatic carbocycles. The van der Waals surface area contributed by atoms with Crippen LogP contribution in [-0.2, 0) is 9.53 Å². The predicted octanol–water partition coefficient (Wildman–Crippen LogP) is 1.35. The van der Waals surface area contributed by atoms with Gasteiger partial charge in [0.1, 0.15) is 6.04 Å². The zero-order chi connectivity index (χ0) is 11.9. The van der Waals surface area contributed by atoms with Crippen molar-refractivity contribution in [1.29, 1.82) is 0 Å². The van der Waals surface area contributed by atoms with E-state index < -0.39 is 12.0 Å². The molecule has 0 amide bonds. The molecule has 1 N–H and O–H groups in total. The summed E-state index contributed by atoms with van der Waals surface area (Å²) in [6, 6.07) is -0.451. The molecule has 15 heavy (non-hydrogen) atoms. The number of hydrogen-bond acceptors (Lipinski definition) is 3. The van der Waals surface area contributed by atoms with Crippen LogP contribution in [0.2, 0.25) is 0 Å². The van der Waals surface area contributed by atoms with E-state index in [4.69, 9.17) is 9.84 Å². The molecule has 0 bridgehead atoms. The van der Waals surface area contributed by atoms with E-state index in [0.29, 0.717) is 13.1 Å². The van der Waals surface area contributed by atoms with E-state index in [0.717, 1.165) is 0 Å². The second-order valence-electron chi connectivity index (χ2n) is 5.54. The van der Waals surface area contributed by atoms with Gasteiger partial charge in [-0.1, -0.05) is 0 Å². The lowest BCUT2D eigenvalue weighted by molar-refractivity contribution is -0.190. The summed E-state index contributed by atoms with van der Waals surface area (Å²) < 4.78 is 5.89. The Morgan fingerprint density at radius 2 is 1.67 bits per heavy atom. The Hall–Kier alpha value is -0.610. The normalized spacial score (nSPS) is 27.3. The fourth-order valence-electron chi connectivity index (χ4n) is 2.28. The van der Waals surface area contributed by atoms with Gasteiger partial charge in [0.2, 0.25) is 0 Å². The average Bonchev–Trinajstić information content (AvgIpc) is 1.96. The Kier molecular flexibility index (Phi) is 3.12. The minimum absolute atomic E-state index is 0.286. The van der Waals surface area contributed by atoms with Crippen molar-refractivity contribution in [3.63, 3.8) is 0 Å². The largest absolute Gasteiger partial charge is 0.480 e. The molecule has 1 fully saturated rings. The molecule has 4 nitrogen and oxygen atoms in total. The first-order valence-corrected chi connectivity index (χ1v) is 5.30. The first-order chi connectivity index (χ1) is 6.63. The Bertz CT molecular complexity index is 245. The number of hydrogen-bond donors (Lipinski definition) is 1. The number of carboxylic acids is 1. The summed E-state index contributed by atoms with van der Waals surface area (Å²) in [6.07, 6.45) is 0. The lowest BCUT2D eigenvalue weighted by atomic mass is 9.97. The van der Waals surface area contributed by atoms with Crippen LogP contribution in [-0.4, -0.2) is 46.3 Å². The monoisotopic (exact) mass is 215 g/mol. The van der Waals surface area contributed by atoms with Crippen LogP contribution in [0.4, 0.5) is 0 Å². The van der Waals surface area contributed by atoms with Crippen LogP contribution in [0.25, 0.3) is 0 Å². The quantitative estimate of drug-likeness (QED) is 0.755. The molecule has 0 spiro atoms. The van der Waals surface area contributed by atoms with Gasteiger partial charge in [-0.25, -0.2) is 0 Å². The van der Waals surface area contributed by atoms with Gasteiger partial charge < -0.3 is 9.84 Å². The molecule has 1 aliphatic heterocycles. The maximum atomic E-state index is 10.9. The van der Waals surface area contributed by atoms with Crippen molar-refractivity contribution in [2.75, 3.05) is 13.1 Å². The van der Waals surface area contributed by atoms with Crippen molar-refractivity contribution in [3.05, 3.63) is 0 Å². The highest BCUT2D eigenvalue weighted by molar-refractivity contribution is 5.72. The number of rotatable bonds is 2. The number of carbonyl (C=O) groups is 1. The van der Waals surface area contributed by atoms with Gasteiger partial charge in [0.05, 0.1) is 11.2 Å². The van der Waals surface area contributed by atoms with E-state index >= 15 is 0 Å². The molecule has 1 unspecified atom stereocenters. The van der Waals surface area contributed by atoms with Crippen molar-refractivity contribution in [2.45, 2.75) is 51.9 Å². The van der Waals surface area contributed by atoms with Crippen molar-refractivity contribution in [3.8, 4) is 0 Å². The van der Waals surface area contributed by atoms with Gasteiger partial charge in [0.25, 0.3) is 0 Å². The Morgan fingerprint density at radius 3 is 2.00 bits per heavy atom. The molecule has 88 valence electrons. The van der Waals surface area contributed by atoms with Crippen LogP contribution in [0.1, 0.15) is 34.6 Å². The first kappa shape index (κ1) is 12.5. The van der Waals surface area contributed by atoms with Crippen LogP contribution in [0.3, 0.4) is 0 Å². The summed E-state index contributed by atoms with van der Waals surface area (Å²) in [5.41, 5.74) is -0.572. The SMILES string of the molecule is CC(C(=O)O)N1CC(C)(C)OC(C)(C)C1. The van der Waals surface area contributed by atoms with Gasteiger partial charge >= 0.3 is 5.97 Å². The van der Waals surface area contributed by atoms with E-state index in [2.05, 4.69) is 0 Å². The highest BCUT2D eigenvalue weighted by Crippen LogP contribution is 2.29. The first-order valence-electron chi connectivity index (χ1n) is 5.30. The standard InChI is InChI=1S/C11H21NO3/c1-8(9(13)14)12-6-10(2,3)15-11(4,5)7-12/h8H,6-7H2,1-5H3,(H,13,14). The summed E-state index contributed by atoms with van der Waals surface area (Å²) >= 11 is 0. The molecule has 1 saturated heterocycles. The van der Waals surface area contributed by atoms with Crippen molar-refractivity contribution < 1.29 is 14.6 Å². The molecule has 4 heteroatoms. The maximum Gasteiger partial charge on any atom is 0.320 e. The Labute approximate surface area is 91.2 Å². The van der Waals surface area contributed by atoms with E-state index in [1.165, 1.54) is 0 Å². The highest BCUT2D eigenvalue weighted by atomic mass is 16.5. The van der Waals surface area contributed by atoms with Crippen LogP contribution >= 0.6 is 0 Å². The van der Waals surface area contributed by atoms with Crippen LogP contribution in [0, 0.1) is 0 Å². The second-order valence-corrected chi connectivity index (χ2v) is 5.54. The molecule has 1 aliphatic rings. The molecule has 0 saturated carbocycles. The lowest BCUT2D eigenvalue weighted by Gasteiger charge is -2.48. The summed E-state index contributed by atoms with van der Waals surface area (Å²) in [5, 5.41) is 8.99. The number of ether oxygens (including phenoxy) is 1. The van der Waals surface area contributed by atoms with Gasteiger partial charge in [-0.2, -0.15) is 0 Å². The minimum atomic E-state index is -0.775. The highest BCUT2D eigenvalue weighted by Gasteiger charge is 2.40.